The van der Waals surface area contributed by atoms with Crippen LogP contribution < -0.4 is 5.73 Å². The highest BCUT2D eigenvalue weighted by atomic mass is 32.2. The van der Waals surface area contributed by atoms with E-state index in [1.807, 2.05) is 13.8 Å². The minimum atomic E-state index is -1.33. The molecule has 0 aromatic rings. The highest BCUT2D eigenvalue weighted by Gasteiger charge is 2.13. The van der Waals surface area contributed by atoms with Crippen molar-refractivity contribution in [1.82, 2.24) is 0 Å². The summed E-state index contributed by atoms with van der Waals surface area (Å²) in [5.74, 6) is -2.64. The molecule has 2 N–H and O–H groups in total. The zero-order valence-electron chi connectivity index (χ0n) is 11.0. The first-order valence-corrected chi connectivity index (χ1v) is 5.93. The van der Waals surface area contributed by atoms with Gasteiger partial charge < -0.3 is 5.73 Å². The van der Waals surface area contributed by atoms with Crippen LogP contribution in [0.5, 0.6) is 0 Å². The molecule has 0 saturated carbocycles. The second-order valence-electron chi connectivity index (χ2n) is 2.88. The van der Waals surface area contributed by atoms with Gasteiger partial charge in [0.1, 0.15) is 0 Å². The Balaban J connectivity index is 0. The normalized spacial score (nSPS) is 11.2. The highest BCUT2D eigenvalue weighted by molar-refractivity contribution is 7.99. The Kier molecular flexibility index (Phi) is 10.6. The molecule has 106 valence electrons. The molecular weight excluding hydrogens is 273 g/mol. The van der Waals surface area contributed by atoms with Gasteiger partial charge in [-0.1, -0.05) is 40.2 Å². The summed E-state index contributed by atoms with van der Waals surface area (Å²) >= 11 is -0.130. The van der Waals surface area contributed by atoms with Crippen molar-refractivity contribution in [1.29, 1.82) is 0 Å². The molecule has 0 bridgehead atoms. The second kappa shape index (κ2) is 10.3. The zero-order valence-corrected chi connectivity index (χ0v) is 11.8. The van der Waals surface area contributed by atoms with Gasteiger partial charge in [0.05, 0.1) is 28.4 Å². The molecule has 0 aromatic carbocycles. The van der Waals surface area contributed by atoms with E-state index < -0.39 is 22.9 Å². The van der Waals surface area contributed by atoms with Gasteiger partial charge >= 0.3 is 0 Å². The van der Waals surface area contributed by atoms with Crippen molar-refractivity contribution in [3.63, 3.8) is 0 Å². The molecule has 0 radical (unpaired) electrons. The van der Waals surface area contributed by atoms with Gasteiger partial charge in [0.25, 0.3) is 0 Å². The number of nitrogens with two attached hydrogens (primary N) is 1. The molecule has 0 rings (SSSR count). The Morgan fingerprint density at radius 1 is 1.11 bits per heavy atom. The standard InChI is InChI=1S/C11H11F3N2S.C2H6/c1-6(17-14)5-16-9(4)7(2)10(12)11(13)8(3)15;1-2/h5H,1-4,15H2;1-2H3/b11-10-,16-5?;. The molecule has 0 heterocycles. The van der Waals surface area contributed by atoms with E-state index in [2.05, 4.69) is 31.3 Å². The van der Waals surface area contributed by atoms with E-state index >= 15 is 0 Å². The molecule has 2 nitrogen and oxygen atoms in total. The van der Waals surface area contributed by atoms with E-state index in [9.17, 15) is 12.7 Å². The van der Waals surface area contributed by atoms with Gasteiger partial charge in [-0.3, -0.25) is 4.99 Å². The molecule has 0 amide bonds. The van der Waals surface area contributed by atoms with Gasteiger partial charge in [-0.05, 0) is 0 Å². The summed E-state index contributed by atoms with van der Waals surface area (Å²) in [7, 11) is 0. The van der Waals surface area contributed by atoms with E-state index in [1.54, 1.807) is 0 Å². The van der Waals surface area contributed by atoms with Crippen LogP contribution in [0.15, 0.2) is 64.8 Å². The van der Waals surface area contributed by atoms with Gasteiger partial charge in [0.2, 0.25) is 0 Å². The summed E-state index contributed by atoms with van der Waals surface area (Å²) in [5.41, 5.74) is 3.84. The molecule has 0 aliphatic heterocycles. The summed E-state index contributed by atoms with van der Waals surface area (Å²) in [6, 6.07) is 0. The average molecular weight is 290 g/mol. The fourth-order valence-electron chi connectivity index (χ4n) is 0.648. The van der Waals surface area contributed by atoms with Gasteiger partial charge in [-0.15, -0.1) is 0 Å². The fraction of sp³-hybridized carbons (Fsp3) is 0.154. The predicted molar refractivity (Wildman–Crippen MR) is 78.5 cm³/mol. The molecule has 0 unspecified atom stereocenters. The van der Waals surface area contributed by atoms with Gasteiger partial charge in [-0.25, -0.2) is 8.78 Å². The smallest absolute Gasteiger partial charge is 0.181 e. The number of nitrogens with zero attached hydrogens (tertiary/aromatic N) is 1. The Labute approximate surface area is 116 Å². The van der Waals surface area contributed by atoms with Crippen molar-refractivity contribution in [3.8, 4) is 0 Å². The van der Waals surface area contributed by atoms with Crippen molar-refractivity contribution < 1.29 is 12.7 Å². The number of hydrogen-bond donors (Lipinski definition) is 1. The topological polar surface area (TPSA) is 38.4 Å². The lowest BCUT2D eigenvalue weighted by molar-refractivity contribution is 0.556. The molecule has 0 aliphatic carbocycles. The van der Waals surface area contributed by atoms with Crippen LogP contribution in [-0.4, -0.2) is 6.21 Å². The highest BCUT2D eigenvalue weighted by Crippen LogP contribution is 2.25. The van der Waals surface area contributed by atoms with Crippen LogP contribution in [0.4, 0.5) is 12.7 Å². The van der Waals surface area contributed by atoms with E-state index in [0.29, 0.717) is 0 Å². The lowest BCUT2D eigenvalue weighted by atomic mass is 10.2. The second-order valence-corrected chi connectivity index (χ2v) is 3.56. The van der Waals surface area contributed by atoms with E-state index in [4.69, 9.17) is 5.73 Å². The molecule has 0 aliphatic rings. The third kappa shape index (κ3) is 7.35. The van der Waals surface area contributed by atoms with Crippen LogP contribution in [-0.2, 0) is 0 Å². The predicted octanol–water partition coefficient (Wildman–Crippen LogP) is 4.91. The van der Waals surface area contributed by atoms with Crippen molar-refractivity contribution in [2.24, 2.45) is 10.7 Å². The molecule has 0 spiro atoms. The maximum Gasteiger partial charge on any atom is 0.181 e. The van der Waals surface area contributed by atoms with Gasteiger partial charge in [0.15, 0.2) is 11.7 Å². The Bertz CT molecular complexity index is 437. The summed E-state index contributed by atoms with van der Waals surface area (Å²) in [4.78, 5) is 3.56. The van der Waals surface area contributed by atoms with Crippen LogP contribution in [0.3, 0.4) is 0 Å². The number of halogens is 3. The molecule has 0 aromatic heterocycles. The van der Waals surface area contributed by atoms with Crippen LogP contribution in [0.1, 0.15) is 13.8 Å². The molecule has 0 saturated heterocycles. The van der Waals surface area contributed by atoms with E-state index in [1.165, 1.54) is 0 Å². The molecule has 19 heavy (non-hydrogen) atoms. The summed E-state index contributed by atoms with van der Waals surface area (Å²) in [6.45, 7) is 16.9. The average Bonchev–Trinajstić information content (AvgIpc) is 2.43. The maximum absolute atomic E-state index is 13.3. The SMILES string of the molecule is C=C(C=NC(=C)C(=C)/C(F)=C(/F)C(=C)N)SF.CC. The molecule has 0 atom stereocenters. The third-order valence-corrected chi connectivity index (χ3v) is 1.86. The quantitative estimate of drug-likeness (QED) is 0.557. The maximum atomic E-state index is 13.3. The van der Waals surface area contributed by atoms with Crippen molar-refractivity contribution in [3.05, 3.63) is 59.8 Å². The van der Waals surface area contributed by atoms with E-state index in [-0.39, 0.29) is 22.8 Å². The Morgan fingerprint density at radius 2 is 1.58 bits per heavy atom. The first kappa shape index (κ1) is 19.6. The Morgan fingerprint density at radius 3 is 1.95 bits per heavy atom. The zero-order chi connectivity index (χ0) is 15.6. The first-order chi connectivity index (χ1) is 8.81. The number of hydrogen-bond acceptors (Lipinski definition) is 3. The fourth-order valence-corrected chi connectivity index (χ4v) is 0.740. The largest absolute Gasteiger partial charge is 0.397 e. The van der Waals surface area contributed by atoms with Crippen molar-refractivity contribution in [2.45, 2.75) is 13.8 Å². The number of allylic oxidation sites excluding steroid dienone is 3. The van der Waals surface area contributed by atoms with Crippen molar-refractivity contribution >= 4 is 18.4 Å². The number of rotatable bonds is 6. The third-order valence-electron chi connectivity index (χ3n) is 1.55. The minimum Gasteiger partial charge on any atom is -0.397 e. The lowest BCUT2D eigenvalue weighted by Crippen LogP contribution is -1.99. The number of aliphatic imine (C=N–C) groups is 1. The van der Waals surface area contributed by atoms with Crippen LogP contribution in [0.2, 0.25) is 0 Å². The van der Waals surface area contributed by atoms with Gasteiger partial charge in [0, 0.05) is 11.8 Å². The van der Waals surface area contributed by atoms with Crippen LogP contribution in [0, 0.1) is 0 Å². The minimum absolute atomic E-state index is 0.00737. The first-order valence-electron chi connectivity index (χ1n) is 5.21. The lowest BCUT2D eigenvalue weighted by Gasteiger charge is -2.04. The summed E-state index contributed by atoms with van der Waals surface area (Å²) in [6.07, 6.45) is 1.01. The molecular formula is C13H17F3N2S. The van der Waals surface area contributed by atoms with Crippen molar-refractivity contribution in [2.75, 3.05) is 0 Å². The van der Waals surface area contributed by atoms with Gasteiger partial charge in [-0.2, -0.15) is 3.89 Å². The van der Waals surface area contributed by atoms with Crippen LogP contribution in [0.25, 0.3) is 0 Å². The van der Waals surface area contributed by atoms with E-state index in [0.717, 1.165) is 6.21 Å². The molecule has 0 fully saturated rings. The summed E-state index contributed by atoms with van der Waals surface area (Å²) < 4.78 is 38.3. The summed E-state index contributed by atoms with van der Waals surface area (Å²) in [5, 5.41) is 0. The Hall–Kier alpha value is -1.69. The van der Waals surface area contributed by atoms with Crippen LogP contribution >= 0.6 is 12.1 Å². The molecule has 6 heteroatoms. The monoisotopic (exact) mass is 290 g/mol.